The molecule has 0 amide bonds. The maximum absolute atomic E-state index is 5.97. The highest BCUT2D eigenvalue weighted by Gasteiger charge is 2.55. The molecule has 1 nitrogen and oxygen atoms in total. The maximum atomic E-state index is 5.97. The van der Waals surface area contributed by atoms with E-state index in [-0.39, 0.29) is 0 Å². The molecule has 2 atom stereocenters. The lowest BCUT2D eigenvalue weighted by Gasteiger charge is -2.61. The number of rotatable bonds is 3. The Labute approximate surface area is 127 Å². The van der Waals surface area contributed by atoms with Crippen LogP contribution in [0.2, 0.25) is 5.02 Å². The first-order valence-electron chi connectivity index (χ1n) is 8.04. The highest BCUT2D eigenvalue weighted by Crippen LogP contribution is 2.61. The lowest BCUT2D eigenvalue weighted by Crippen LogP contribution is -2.61. The zero-order chi connectivity index (χ0) is 13.8. The summed E-state index contributed by atoms with van der Waals surface area (Å²) in [6.07, 6.45) is 8.67. The number of benzene rings is 1. The molecule has 4 saturated carbocycles. The number of halogens is 1. The van der Waals surface area contributed by atoms with E-state index in [9.17, 15) is 0 Å². The van der Waals surface area contributed by atoms with Crippen LogP contribution in [0, 0.1) is 17.3 Å². The Morgan fingerprint density at radius 1 is 1.10 bits per heavy atom. The van der Waals surface area contributed by atoms with Crippen molar-refractivity contribution in [1.82, 2.24) is 5.32 Å². The topological polar surface area (TPSA) is 12.0 Å². The molecule has 0 aromatic heterocycles. The van der Waals surface area contributed by atoms with Crippen molar-refractivity contribution in [3.8, 4) is 0 Å². The van der Waals surface area contributed by atoms with Crippen LogP contribution >= 0.6 is 11.6 Å². The Balaban J connectivity index is 1.49. The summed E-state index contributed by atoms with van der Waals surface area (Å²) >= 11 is 5.97. The zero-order valence-corrected chi connectivity index (χ0v) is 13.0. The van der Waals surface area contributed by atoms with Crippen molar-refractivity contribution < 1.29 is 0 Å². The van der Waals surface area contributed by atoms with Crippen molar-refractivity contribution in [1.29, 1.82) is 0 Å². The first kappa shape index (κ1) is 13.2. The highest BCUT2D eigenvalue weighted by atomic mass is 35.5. The van der Waals surface area contributed by atoms with Crippen LogP contribution in [0.1, 0.15) is 51.0 Å². The molecule has 20 heavy (non-hydrogen) atoms. The van der Waals surface area contributed by atoms with Gasteiger partial charge in [0.25, 0.3) is 0 Å². The van der Waals surface area contributed by atoms with Crippen LogP contribution in [0.3, 0.4) is 0 Å². The summed E-state index contributed by atoms with van der Waals surface area (Å²) in [5, 5.41) is 4.77. The first-order valence-corrected chi connectivity index (χ1v) is 8.42. The van der Waals surface area contributed by atoms with Gasteiger partial charge in [-0.2, -0.15) is 0 Å². The molecule has 108 valence electrons. The van der Waals surface area contributed by atoms with Crippen LogP contribution in [0.15, 0.2) is 24.3 Å². The van der Waals surface area contributed by atoms with E-state index in [1.165, 1.54) is 44.1 Å². The predicted molar refractivity (Wildman–Crippen MR) is 83.8 cm³/mol. The Morgan fingerprint density at radius 2 is 1.75 bits per heavy atom. The second kappa shape index (κ2) is 4.48. The van der Waals surface area contributed by atoms with Gasteiger partial charge in [-0.25, -0.2) is 0 Å². The van der Waals surface area contributed by atoms with E-state index in [1.807, 2.05) is 12.1 Å². The van der Waals surface area contributed by atoms with Crippen LogP contribution in [0.5, 0.6) is 0 Å². The summed E-state index contributed by atoms with van der Waals surface area (Å²) in [7, 11) is 0. The maximum Gasteiger partial charge on any atom is 0.0406 e. The van der Waals surface area contributed by atoms with Crippen LogP contribution < -0.4 is 5.32 Å². The fourth-order valence-corrected chi connectivity index (χ4v) is 5.95. The summed E-state index contributed by atoms with van der Waals surface area (Å²) < 4.78 is 0. The van der Waals surface area contributed by atoms with E-state index in [1.54, 1.807) is 0 Å². The normalized spacial score (nSPS) is 42.1. The molecule has 4 aliphatic rings. The minimum Gasteiger partial charge on any atom is -0.307 e. The average molecular weight is 290 g/mol. The highest BCUT2D eigenvalue weighted by molar-refractivity contribution is 6.30. The fourth-order valence-electron chi connectivity index (χ4n) is 5.82. The minimum atomic E-state index is 0.429. The quantitative estimate of drug-likeness (QED) is 0.844. The van der Waals surface area contributed by atoms with E-state index >= 15 is 0 Å². The Kier molecular flexibility index (Phi) is 2.95. The molecule has 2 unspecified atom stereocenters. The van der Waals surface area contributed by atoms with Crippen molar-refractivity contribution in [2.24, 2.45) is 17.3 Å². The van der Waals surface area contributed by atoms with Gasteiger partial charge in [0.05, 0.1) is 0 Å². The SMILES string of the molecule is CC12CC3CC(C1)CC(NCc1ccc(Cl)cc1)(C3)C2. The van der Waals surface area contributed by atoms with Crippen LogP contribution in [0.4, 0.5) is 0 Å². The second-order valence-corrected chi connectivity index (χ2v) is 8.47. The monoisotopic (exact) mass is 289 g/mol. The summed E-state index contributed by atoms with van der Waals surface area (Å²) in [6, 6.07) is 8.30. The molecule has 5 rings (SSSR count). The molecule has 0 saturated heterocycles. The third-order valence-electron chi connectivity index (χ3n) is 5.93. The summed E-state index contributed by atoms with van der Waals surface area (Å²) in [5.41, 5.74) is 2.41. The molecule has 4 fully saturated rings. The standard InChI is InChI=1S/C18H24ClN/c1-17-7-14-6-15(8-17)10-18(9-14,12-17)20-11-13-2-4-16(19)5-3-13/h2-5,14-15,20H,6-12H2,1H3. The first-order chi connectivity index (χ1) is 9.54. The Morgan fingerprint density at radius 3 is 2.35 bits per heavy atom. The molecule has 1 N–H and O–H groups in total. The molecule has 4 aliphatic carbocycles. The molecule has 4 bridgehead atoms. The van der Waals surface area contributed by atoms with Crippen LogP contribution in [-0.2, 0) is 6.54 Å². The van der Waals surface area contributed by atoms with Crippen molar-refractivity contribution in [2.75, 3.05) is 0 Å². The van der Waals surface area contributed by atoms with Crippen molar-refractivity contribution in [3.05, 3.63) is 34.9 Å². The summed E-state index contributed by atoms with van der Waals surface area (Å²) in [6.45, 7) is 3.52. The number of hydrogen-bond acceptors (Lipinski definition) is 1. The molecule has 0 heterocycles. The molecular weight excluding hydrogens is 266 g/mol. The van der Waals surface area contributed by atoms with Gasteiger partial charge in [-0.3, -0.25) is 0 Å². The molecule has 0 aliphatic heterocycles. The smallest absolute Gasteiger partial charge is 0.0406 e. The van der Waals surface area contributed by atoms with Crippen LogP contribution in [-0.4, -0.2) is 5.54 Å². The van der Waals surface area contributed by atoms with Gasteiger partial charge in [-0.1, -0.05) is 30.7 Å². The van der Waals surface area contributed by atoms with Crippen molar-refractivity contribution in [2.45, 2.75) is 57.5 Å². The van der Waals surface area contributed by atoms with Gasteiger partial charge in [0.2, 0.25) is 0 Å². The van der Waals surface area contributed by atoms with E-state index < -0.39 is 0 Å². The van der Waals surface area contributed by atoms with Gasteiger partial charge in [0, 0.05) is 17.1 Å². The molecule has 1 aromatic rings. The lowest BCUT2D eigenvalue weighted by molar-refractivity contribution is -0.0726. The van der Waals surface area contributed by atoms with Gasteiger partial charge in [0.15, 0.2) is 0 Å². The largest absolute Gasteiger partial charge is 0.307 e. The third-order valence-corrected chi connectivity index (χ3v) is 6.19. The lowest BCUT2D eigenvalue weighted by atomic mass is 9.47. The number of hydrogen-bond donors (Lipinski definition) is 1. The van der Waals surface area contributed by atoms with E-state index in [4.69, 9.17) is 11.6 Å². The van der Waals surface area contributed by atoms with Crippen molar-refractivity contribution in [3.63, 3.8) is 0 Å². The molecule has 2 heteroatoms. The van der Waals surface area contributed by atoms with E-state index in [0.29, 0.717) is 11.0 Å². The van der Waals surface area contributed by atoms with Gasteiger partial charge in [0.1, 0.15) is 0 Å². The average Bonchev–Trinajstić information content (AvgIpc) is 2.35. The van der Waals surface area contributed by atoms with Gasteiger partial charge < -0.3 is 5.32 Å². The number of nitrogens with one attached hydrogen (secondary N) is 1. The Hall–Kier alpha value is -0.530. The van der Waals surface area contributed by atoms with Gasteiger partial charge in [-0.15, -0.1) is 0 Å². The zero-order valence-electron chi connectivity index (χ0n) is 12.3. The van der Waals surface area contributed by atoms with E-state index in [2.05, 4.69) is 24.4 Å². The molecule has 0 radical (unpaired) electrons. The predicted octanol–water partition coefficient (Wildman–Crippen LogP) is 4.79. The van der Waals surface area contributed by atoms with E-state index in [0.717, 1.165) is 23.4 Å². The molecule has 0 spiro atoms. The van der Waals surface area contributed by atoms with Gasteiger partial charge in [-0.05, 0) is 73.5 Å². The van der Waals surface area contributed by atoms with Crippen LogP contribution in [0.25, 0.3) is 0 Å². The molecule has 1 aromatic carbocycles. The summed E-state index contributed by atoms with van der Waals surface area (Å²) in [4.78, 5) is 0. The molecular formula is C18H24ClN. The minimum absolute atomic E-state index is 0.429. The summed E-state index contributed by atoms with van der Waals surface area (Å²) in [5.74, 6) is 1.97. The van der Waals surface area contributed by atoms with Gasteiger partial charge >= 0.3 is 0 Å². The fraction of sp³-hybridized carbons (Fsp3) is 0.667. The van der Waals surface area contributed by atoms with Crippen molar-refractivity contribution >= 4 is 11.6 Å². The third kappa shape index (κ3) is 2.29. The second-order valence-electron chi connectivity index (χ2n) is 8.03. The Bertz CT molecular complexity index is 493.